The molecule has 6 fully saturated rings. The van der Waals surface area contributed by atoms with Crippen LogP contribution in [0.3, 0.4) is 0 Å². The number of rotatable bonds is 9. The first-order valence-electron chi connectivity index (χ1n) is 17.9. The minimum absolute atomic E-state index is 0.0409. The summed E-state index contributed by atoms with van der Waals surface area (Å²) in [4.78, 5) is 65.7. The molecule has 292 valence electrons. The molecule has 3 N–H and O–H groups in total. The van der Waals surface area contributed by atoms with Gasteiger partial charge in [-0.25, -0.2) is 0 Å². The van der Waals surface area contributed by atoms with Crippen molar-refractivity contribution in [2.24, 2.45) is 28.1 Å². The Morgan fingerprint density at radius 2 is 1.55 bits per heavy atom. The molecule has 15 atom stereocenters. The summed E-state index contributed by atoms with van der Waals surface area (Å²) in [6, 6.07) is 1.55. The Kier molecular flexibility index (Phi) is 8.01. The predicted octanol–water partition coefficient (Wildman–Crippen LogP) is 1.80. The summed E-state index contributed by atoms with van der Waals surface area (Å²) in [6.07, 6.45) is -6.12. The molecule has 4 aliphatic carbocycles. The molecule has 3 heterocycles. The highest BCUT2D eigenvalue weighted by Gasteiger charge is 3.03. The molecule has 1 aromatic rings. The van der Waals surface area contributed by atoms with Crippen molar-refractivity contribution >= 4 is 29.8 Å². The second kappa shape index (κ2) is 11.2. The summed E-state index contributed by atoms with van der Waals surface area (Å²) in [6.45, 7) is 11.1. The number of furan rings is 1. The number of carbonyl (C=O) groups excluding carboxylic acids is 5. The zero-order valence-electron chi connectivity index (χ0n) is 31.3. The molecule has 1 spiro atoms. The minimum atomic E-state index is -2.66. The third kappa shape index (κ3) is 4.06. The fourth-order valence-corrected chi connectivity index (χ4v) is 12.6. The zero-order valence-corrected chi connectivity index (χ0v) is 31.3. The van der Waals surface area contributed by atoms with Gasteiger partial charge in [-0.1, -0.05) is 27.7 Å². The van der Waals surface area contributed by atoms with Gasteiger partial charge < -0.3 is 52.9 Å². The third-order valence-corrected chi connectivity index (χ3v) is 14.3. The van der Waals surface area contributed by atoms with Gasteiger partial charge in [0.15, 0.2) is 23.6 Å². The number of carbonyl (C=O) groups is 5. The highest BCUT2D eigenvalue weighted by molar-refractivity contribution is 5.72. The lowest BCUT2D eigenvalue weighted by molar-refractivity contribution is -0.440. The van der Waals surface area contributed by atoms with Gasteiger partial charge >= 0.3 is 29.8 Å². The van der Waals surface area contributed by atoms with Gasteiger partial charge in [-0.05, 0) is 24.8 Å². The van der Waals surface area contributed by atoms with Crippen molar-refractivity contribution < 1.29 is 76.9 Å². The number of hydrogen-bond acceptors (Lipinski definition) is 16. The summed E-state index contributed by atoms with van der Waals surface area (Å²) < 4.78 is 48.6. The Morgan fingerprint density at radius 1 is 0.925 bits per heavy atom. The van der Waals surface area contributed by atoms with Gasteiger partial charge in [0.2, 0.25) is 0 Å². The van der Waals surface area contributed by atoms with E-state index < -0.39 is 123 Å². The van der Waals surface area contributed by atoms with Crippen LogP contribution in [0.25, 0.3) is 0 Å². The molecule has 16 heteroatoms. The maximum Gasteiger partial charge on any atom is 0.305 e. The average Bonchev–Trinajstić information content (AvgIpc) is 3.87. The van der Waals surface area contributed by atoms with Crippen LogP contribution in [-0.4, -0.2) is 105 Å². The molecular formula is C37H48O16. The van der Waals surface area contributed by atoms with E-state index in [4.69, 9.17) is 37.6 Å². The number of fused-ring (bicyclic) bond motifs is 4. The van der Waals surface area contributed by atoms with Gasteiger partial charge in [-0.3, -0.25) is 24.0 Å². The summed E-state index contributed by atoms with van der Waals surface area (Å²) in [5.41, 5.74) is -14.7. The molecule has 2 aliphatic heterocycles. The fraction of sp³-hybridized carbons (Fsp3) is 0.757. The van der Waals surface area contributed by atoms with Gasteiger partial charge in [0, 0.05) is 62.8 Å². The number of esters is 5. The normalized spacial score (nSPS) is 48.8. The maximum atomic E-state index is 14.2. The van der Waals surface area contributed by atoms with Crippen molar-refractivity contribution in [2.45, 2.75) is 140 Å². The quantitative estimate of drug-likeness (QED) is 0.242. The first kappa shape index (κ1) is 37.7. The second-order valence-electron chi connectivity index (χ2n) is 16.5. The topological polar surface area (TPSA) is 224 Å². The molecule has 7 rings (SSSR count). The Morgan fingerprint density at radius 3 is 2.08 bits per heavy atom. The molecule has 6 aliphatic rings. The van der Waals surface area contributed by atoms with E-state index in [9.17, 15) is 39.3 Å². The summed E-state index contributed by atoms with van der Waals surface area (Å²) in [5, 5.41) is 41.0. The number of methoxy groups -OCH3 is 1. The van der Waals surface area contributed by atoms with E-state index in [2.05, 4.69) is 0 Å². The van der Waals surface area contributed by atoms with Gasteiger partial charge in [0.1, 0.15) is 35.1 Å². The van der Waals surface area contributed by atoms with Crippen molar-refractivity contribution in [1.82, 2.24) is 0 Å². The summed E-state index contributed by atoms with van der Waals surface area (Å²) in [5.74, 6) is -7.91. The number of aliphatic hydroxyl groups is 3. The van der Waals surface area contributed by atoms with Crippen molar-refractivity contribution in [3.8, 4) is 0 Å². The van der Waals surface area contributed by atoms with Crippen LogP contribution in [0, 0.1) is 28.1 Å². The van der Waals surface area contributed by atoms with Gasteiger partial charge in [0.05, 0.1) is 25.1 Å². The number of ether oxygens (including phenoxy) is 7. The van der Waals surface area contributed by atoms with Crippen LogP contribution in [0.4, 0.5) is 0 Å². The molecule has 0 unspecified atom stereocenters. The Hall–Kier alpha value is -3.57. The van der Waals surface area contributed by atoms with Gasteiger partial charge in [-0.15, -0.1) is 0 Å². The van der Waals surface area contributed by atoms with Crippen molar-refractivity contribution in [1.29, 1.82) is 0 Å². The van der Waals surface area contributed by atoms with Crippen LogP contribution in [0.5, 0.6) is 0 Å². The molecule has 4 bridgehead atoms. The largest absolute Gasteiger partial charge is 0.472 e. The molecular weight excluding hydrogens is 700 g/mol. The Bertz CT molecular complexity index is 1760. The molecule has 0 radical (unpaired) electrons. The first-order chi connectivity index (χ1) is 24.6. The monoisotopic (exact) mass is 748 g/mol. The molecule has 0 amide bonds. The highest BCUT2D eigenvalue weighted by atomic mass is 16.8. The van der Waals surface area contributed by atoms with E-state index >= 15 is 0 Å². The zero-order chi connectivity index (χ0) is 39.1. The van der Waals surface area contributed by atoms with E-state index in [1.807, 2.05) is 0 Å². The number of hydrogen-bond donors (Lipinski definition) is 3. The fourth-order valence-electron chi connectivity index (χ4n) is 12.6. The lowest BCUT2D eigenvalue weighted by atomic mass is 9.32. The molecule has 4 saturated carbocycles. The standard InChI is InChI=1S/C37H48O16/c1-10-33-14-23-31(7,25(48-17(2)38)21-11-12-47-15-21)26(49-18(3)39)27(50-19(4)40)37(45)32(8)22(13-24(42)46-9)30(6)16-34(32,43)35(44,28(30)51-20(5)41)29(52-33)36(23,37)53-33/h11-12,15,22-23,25-29,43-45H,10,13-14,16H2,1-9H3/t22-,23+,25-,26-,27+,28-,29+,30+,31+,32+,33-,34+,35-,36+,37-/m0/s1. The van der Waals surface area contributed by atoms with Crippen molar-refractivity contribution in [3.05, 3.63) is 24.2 Å². The molecule has 2 saturated heterocycles. The summed E-state index contributed by atoms with van der Waals surface area (Å²) >= 11 is 0. The van der Waals surface area contributed by atoms with E-state index in [0.29, 0.717) is 5.56 Å². The second-order valence-corrected chi connectivity index (χ2v) is 16.5. The Balaban J connectivity index is 1.64. The van der Waals surface area contributed by atoms with Crippen LogP contribution in [-0.2, 0) is 57.1 Å². The van der Waals surface area contributed by atoms with Crippen LogP contribution < -0.4 is 0 Å². The smallest absolute Gasteiger partial charge is 0.305 e. The maximum absolute atomic E-state index is 14.2. The molecule has 16 nitrogen and oxygen atoms in total. The van der Waals surface area contributed by atoms with Crippen LogP contribution >= 0.6 is 0 Å². The van der Waals surface area contributed by atoms with Crippen molar-refractivity contribution in [3.63, 3.8) is 0 Å². The van der Waals surface area contributed by atoms with E-state index in [1.54, 1.807) is 26.8 Å². The van der Waals surface area contributed by atoms with Crippen molar-refractivity contribution in [2.75, 3.05) is 7.11 Å². The van der Waals surface area contributed by atoms with E-state index in [-0.39, 0.29) is 19.3 Å². The van der Waals surface area contributed by atoms with Gasteiger partial charge in [0.25, 0.3) is 0 Å². The molecule has 0 aromatic carbocycles. The average molecular weight is 749 g/mol. The lowest BCUT2D eigenvalue weighted by Crippen LogP contribution is -2.96. The lowest BCUT2D eigenvalue weighted by Gasteiger charge is -2.77. The molecule has 53 heavy (non-hydrogen) atoms. The third-order valence-electron chi connectivity index (χ3n) is 14.3. The van der Waals surface area contributed by atoms with Crippen LogP contribution in [0.1, 0.15) is 92.7 Å². The van der Waals surface area contributed by atoms with E-state index in [1.165, 1.54) is 33.5 Å². The van der Waals surface area contributed by atoms with Gasteiger partial charge in [-0.2, -0.15) is 0 Å². The van der Waals surface area contributed by atoms with Crippen LogP contribution in [0.15, 0.2) is 23.0 Å². The van der Waals surface area contributed by atoms with E-state index in [0.717, 1.165) is 20.8 Å². The Labute approximate surface area is 305 Å². The minimum Gasteiger partial charge on any atom is -0.472 e. The van der Waals surface area contributed by atoms with Crippen LogP contribution in [0.2, 0.25) is 0 Å². The highest BCUT2D eigenvalue weighted by Crippen LogP contribution is 2.87. The summed E-state index contributed by atoms with van der Waals surface area (Å²) in [7, 11) is 1.17. The predicted molar refractivity (Wildman–Crippen MR) is 174 cm³/mol. The molecule has 1 aromatic heterocycles. The first-order valence-corrected chi connectivity index (χ1v) is 17.9. The SMILES string of the molecule is CC[C@@]12C[C@@H]3[C@](C)([C@@H](OC(C)=O)c4ccoc4)[C@@H](OC(C)=O)[C@@H](OC(C)=O)[C@@]4(O)[C@]3(O1)[C@H](O2)[C@@]1(O)[C@@H](OC(C)=O)[C@]2(C)C[C@@]1(O)[C@@]4(C)[C@H]2CC(=O)OC.